The first kappa shape index (κ1) is 12.9. The van der Waals surface area contributed by atoms with Crippen LogP contribution in [0.15, 0.2) is 24.3 Å². The molecule has 0 saturated carbocycles. The van der Waals surface area contributed by atoms with Gasteiger partial charge in [0.05, 0.1) is 6.07 Å². The van der Waals surface area contributed by atoms with E-state index in [1.807, 2.05) is 0 Å². The first-order valence-corrected chi connectivity index (χ1v) is 5.01. The highest BCUT2D eigenvalue weighted by Crippen LogP contribution is 2.07. The van der Waals surface area contributed by atoms with E-state index in [0.29, 0.717) is 5.69 Å². The van der Waals surface area contributed by atoms with Gasteiger partial charge in [0.25, 0.3) is 5.91 Å². The van der Waals surface area contributed by atoms with Crippen molar-refractivity contribution in [3.05, 3.63) is 30.1 Å². The van der Waals surface area contributed by atoms with Gasteiger partial charge >= 0.3 is 0 Å². The molecule has 0 fully saturated rings. The van der Waals surface area contributed by atoms with Crippen molar-refractivity contribution in [2.75, 3.05) is 5.32 Å². The number of hydrogen-bond acceptors (Lipinski definition) is 3. The van der Waals surface area contributed by atoms with E-state index < -0.39 is 5.91 Å². The Morgan fingerprint density at radius 1 is 1.35 bits per heavy atom. The third-order valence-electron chi connectivity index (χ3n) is 1.66. The summed E-state index contributed by atoms with van der Waals surface area (Å²) in [6.45, 7) is 0. The van der Waals surface area contributed by atoms with Gasteiger partial charge in [-0.15, -0.1) is 0 Å². The van der Waals surface area contributed by atoms with Crippen LogP contribution in [0.4, 0.5) is 10.1 Å². The molecule has 0 aliphatic carbocycles. The summed E-state index contributed by atoms with van der Waals surface area (Å²) in [5.74, 6) is -0.840. The highest BCUT2D eigenvalue weighted by molar-refractivity contribution is 7.80. The summed E-state index contributed by atoms with van der Waals surface area (Å²) < 4.78 is 12.6. The van der Waals surface area contributed by atoms with Gasteiger partial charge in [-0.1, -0.05) is 0 Å². The number of carbonyl (C=O) groups excluding carboxylic acids is 1. The van der Waals surface area contributed by atoms with Gasteiger partial charge in [0, 0.05) is 5.69 Å². The number of nitrogens with one attached hydrogen (secondary N) is 3. The maximum Gasteiger partial charge on any atom is 0.252 e. The molecule has 0 unspecified atom stereocenters. The zero-order valence-electron chi connectivity index (χ0n) is 8.66. The molecule has 0 radical (unpaired) electrons. The molecule has 0 heterocycles. The van der Waals surface area contributed by atoms with E-state index >= 15 is 0 Å². The van der Waals surface area contributed by atoms with E-state index in [1.54, 1.807) is 6.07 Å². The van der Waals surface area contributed by atoms with Gasteiger partial charge in [-0.3, -0.25) is 15.6 Å². The molecule has 0 spiro atoms. The number of carbonyl (C=O) groups is 1. The number of amides is 1. The van der Waals surface area contributed by atoms with Crippen LogP contribution in [0.25, 0.3) is 0 Å². The van der Waals surface area contributed by atoms with Crippen molar-refractivity contribution in [2.45, 2.75) is 6.42 Å². The van der Waals surface area contributed by atoms with Crippen molar-refractivity contribution in [3.8, 4) is 6.07 Å². The Kier molecular flexibility index (Phi) is 4.84. The van der Waals surface area contributed by atoms with Crippen molar-refractivity contribution in [3.63, 3.8) is 0 Å². The molecule has 0 atom stereocenters. The van der Waals surface area contributed by atoms with Gasteiger partial charge in [0.2, 0.25) is 0 Å². The molecule has 0 bridgehead atoms. The lowest BCUT2D eigenvalue weighted by Crippen LogP contribution is -2.43. The lowest BCUT2D eigenvalue weighted by Gasteiger charge is -2.10. The molecule has 88 valence electrons. The van der Waals surface area contributed by atoms with Crippen molar-refractivity contribution in [1.82, 2.24) is 10.9 Å². The van der Waals surface area contributed by atoms with Crippen LogP contribution in [0.3, 0.4) is 0 Å². The summed E-state index contributed by atoms with van der Waals surface area (Å²) in [5, 5.41) is 11.1. The van der Waals surface area contributed by atoms with Crippen LogP contribution >= 0.6 is 12.2 Å². The maximum atomic E-state index is 12.6. The number of nitrogens with zero attached hydrogens (tertiary/aromatic N) is 1. The second-order valence-electron chi connectivity index (χ2n) is 2.97. The number of hydrazine groups is 1. The number of hydrogen-bond donors (Lipinski definition) is 3. The van der Waals surface area contributed by atoms with Gasteiger partial charge in [0.15, 0.2) is 5.11 Å². The van der Waals surface area contributed by atoms with Crippen LogP contribution in [-0.2, 0) is 4.79 Å². The average Bonchev–Trinajstić information content (AvgIpc) is 2.30. The van der Waals surface area contributed by atoms with E-state index in [9.17, 15) is 9.18 Å². The number of halogens is 1. The summed E-state index contributed by atoms with van der Waals surface area (Å²) in [7, 11) is 0. The van der Waals surface area contributed by atoms with Crippen LogP contribution in [0, 0.1) is 17.1 Å². The summed E-state index contributed by atoms with van der Waals surface area (Å²) in [6.07, 6.45) is -0.258. The summed E-state index contributed by atoms with van der Waals surface area (Å²) in [5.41, 5.74) is 5.21. The quantitative estimate of drug-likeness (QED) is 0.542. The molecule has 7 heteroatoms. The standard InChI is InChI=1S/C10H9FN4OS/c11-7-1-3-8(4-2-7)13-10(17)15-14-9(16)5-6-12/h1-4H,5H2,(H,14,16)(H2,13,15,17). The Labute approximate surface area is 103 Å². The van der Waals surface area contributed by atoms with E-state index in [1.165, 1.54) is 24.3 Å². The Morgan fingerprint density at radius 2 is 2.00 bits per heavy atom. The molecule has 0 aliphatic heterocycles. The summed E-state index contributed by atoms with van der Waals surface area (Å²) >= 11 is 4.86. The van der Waals surface area contributed by atoms with E-state index in [4.69, 9.17) is 17.5 Å². The van der Waals surface area contributed by atoms with E-state index in [0.717, 1.165) is 0 Å². The van der Waals surface area contributed by atoms with Crippen LogP contribution in [-0.4, -0.2) is 11.0 Å². The molecule has 0 saturated heterocycles. The van der Waals surface area contributed by atoms with Crippen LogP contribution < -0.4 is 16.2 Å². The third kappa shape index (κ3) is 4.90. The SMILES string of the molecule is N#CCC(=O)NNC(=S)Nc1ccc(F)cc1. The van der Waals surface area contributed by atoms with Crippen LogP contribution in [0.5, 0.6) is 0 Å². The van der Waals surface area contributed by atoms with Crippen LogP contribution in [0.2, 0.25) is 0 Å². The minimum absolute atomic E-state index is 0.142. The molecule has 1 aromatic rings. The summed E-state index contributed by atoms with van der Waals surface area (Å²) in [4.78, 5) is 10.9. The van der Waals surface area contributed by atoms with Gasteiger partial charge in [0.1, 0.15) is 12.2 Å². The normalized spacial score (nSPS) is 8.94. The number of anilines is 1. The molecular weight excluding hydrogens is 243 g/mol. The van der Waals surface area contributed by atoms with Gasteiger partial charge in [-0.2, -0.15) is 5.26 Å². The molecule has 0 aromatic heterocycles. The maximum absolute atomic E-state index is 12.6. The molecule has 0 aliphatic rings. The fraction of sp³-hybridized carbons (Fsp3) is 0.100. The van der Waals surface area contributed by atoms with E-state index in [-0.39, 0.29) is 17.4 Å². The zero-order valence-corrected chi connectivity index (χ0v) is 9.47. The number of rotatable bonds is 2. The molecule has 3 N–H and O–H groups in total. The number of nitriles is 1. The minimum atomic E-state index is -0.490. The average molecular weight is 252 g/mol. The molecular formula is C10H9FN4OS. The minimum Gasteiger partial charge on any atom is -0.331 e. The fourth-order valence-electron chi connectivity index (χ4n) is 0.938. The molecule has 1 amide bonds. The lowest BCUT2D eigenvalue weighted by atomic mass is 10.3. The first-order valence-electron chi connectivity index (χ1n) is 4.60. The number of benzene rings is 1. The Balaban J connectivity index is 2.37. The second-order valence-corrected chi connectivity index (χ2v) is 3.38. The molecule has 17 heavy (non-hydrogen) atoms. The predicted octanol–water partition coefficient (Wildman–Crippen LogP) is 1.06. The summed E-state index contributed by atoms with van der Waals surface area (Å²) in [6, 6.07) is 7.24. The first-order chi connectivity index (χ1) is 8.11. The smallest absolute Gasteiger partial charge is 0.252 e. The Morgan fingerprint density at radius 3 is 2.59 bits per heavy atom. The second kappa shape index (κ2) is 6.40. The zero-order chi connectivity index (χ0) is 12.7. The lowest BCUT2D eigenvalue weighted by molar-refractivity contribution is -0.120. The van der Waals surface area contributed by atoms with Crippen molar-refractivity contribution >= 4 is 28.9 Å². The van der Waals surface area contributed by atoms with E-state index in [2.05, 4.69) is 16.2 Å². The highest BCUT2D eigenvalue weighted by Gasteiger charge is 2.01. The van der Waals surface area contributed by atoms with Gasteiger partial charge < -0.3 is 5.32 Å². The predicted molar refractivity (Wildman–Crippen MR) is 64.1 cm³/mol. The third-order valence-corrected chi connectivity index (χ3v) is 1.86. The van der Waals surface area contributed by atoms with Gasteiger partial charge in [-0.05, 0) is 36.5 Å². The molecule has 1 aromatic carbocycles. The molecule has 5 nitrogen and oxygen atoms in total. The Hall–Kier alpha value is -2.20. The largest absolute Gasteiger partial charge is 0.331 e. The van der Waals surface area contributed by atoms with Gasteiger partial charge in [-0.25, -0.2) is 4.39 Å². The molecule has 1 rings (SSSR count). The Bertz CT molecular complexity index is 454. The van der Waals surface area contributed by atoms with Crippen molar-refractivity contribution < 1.29 is 9.18 Å². The topological polar surface area (TPSA) is 77.0 Å². The van der Waals surface area contributed by atoms with Crippen molar-refractivity contribution in [1.29, 1.82) is 5.26 Å². The van der Waals surface area contributed by atoms with Crippen LogP contribution in [0.1, 0.15) is 6.42 Å². The monoisotopic (exact) mass is 252 g/mol. The fourth-order valence-corrected chi connectivity index (χ4v) is 1.11. The number of thiocarbonyl (C=S) groups is 1. The highest BCUT2D eigenvalue weighted by atomic mass is 32.1. The van der Waals surface area contributed by atoms with Crippen molar-refractivity contribution in [2.24, 2.45) is 0 Å².